The Morgan fingerprint density at radius 2 is 2.14 bits per heavy atom. The molecule has 116 valence electrons. The Kier molecular flexibility index (Phi) is 5.17. The van der Waals surface area contributed by atoms with Crippen LogP contribution in [0.2, 0.25) is 0 Å². The van der Waals surface area contributed by atoms with Crippen LogP contribution in [0.15, 0.2) is 24.3 Å². The Morgan fingerprint density at radius 3 is 2.81 bits per heavy atom. The average Bonchev–Trinajstić information content (AvgIpc) is 2.72. The maximum atomic E-state index is 13.9. The third-order valence-electron chi connectivity index (χ3n) is 4.20. The van der Waals surface area contributed by atoms with Crippen molar-refractivity contribution < 1.29 is 13.9 Å². The fourth-order valence-corrected chi connectivity index (χ4v) is 2.90. The van der Waals surface area contributed by atoms with Crippen molar-refractivity contribution in [2.75, 3.05) is 32.1 Å². The first kappa shape index (κ1) is 15.8. The first-order chi connectivity index (χ1) is 10.1. The van der Waals surface area contributed by atoms with Gasteiger partial charge in [-0.1, -0.05) is 19.1 Å². The van der Waals surface area contributed by atoms with Crippen LogP contribution in [0, 0.1) is 5.82 Å². The van der Waals surface area contributed by atoms with Gasteiger partial charge in [0.25, 0.3) is 0 Å². The van der Waals surface area contributed by atoms with Crippen molar-refractivity contribution in [1.82, 2.24) is 4.90 Å². The molecule has 1 aromatic rings. The van der Waals surface area contributed by atoms with E-state index in [1.165, 1.54) is 13.2 Å². The molecular weight excluding hydrogens is 271 g/mol. The van der Waals surface area contributed by atoms with E-state index in [4.69, 9.17) is 4.74 Å². The van der Waals surface area contributed by atoms with Gasteiger partial charge in [0.1, 0.15) is 11.4 Å². The lowest BCUT2D eigenvalue weighted by Gasteiger charge is -2.32. The van der Waals surface area contributed by atoms with E-state index in [0.29, 0.717) is 18.5 Å². The predicted octanol–water partition coefficient (Wildman–Crippen LogP) is 2.66. The smallest absolute Gasteiger partial charge is 0.331 e. The summed E-state index contributed by atoms with van der Waals surface area (Å²) < 4.78 is 18.9. The van der Waals surface area contributed by atoms with Gasteiger partial charge < -0.3 is 15.0 Å². The Hall–Kier alpha value is -1.62. The van der Waals surface area contributed by atoms with E-state index in [-0.39, 0.29) is 11.8 Å². The molecule has 1 aliphatic rings. The van der Waals surface area contributed by atoms with Gasteiger partial charge in [-0.05, 0) is 44.5 Å². The Morgan fingerprint density at radius 1 is 1.38 bits per heavy atom. The second kappa shape index (κ2) is 6.89. The molecule has 0 aliphatic carbocycles. The number of nitrogens with one attached hydrogen (secondary N) is 1. The number of halogens is 1. The summed E-state index contributed by atoms with van der Waals surface area (Å²) in [6, 6.07) is 6.44. The maximum Gasteiger partial charge on any atom is 0.331 e. The SMILES string of the molecule is CCN1CCCC(Nc2ccccc2F)(C(=O)OC)CC1. The second-order valence-electron chi connectivity index (χ2n) is 5.47. The summed E-state index contributed by atoms with van der Waals surface area (Å²) in [5.74, 6) is -0.666. The molecule has 1 aliphatic heterocycles. The quantitative estimate of drug-likeness (QED) is 0.867. The third-order valence-corrected chi connectivity index (χ3v) is 4.20. The van der Waals surface area contributed by atoms with Crippen LogP contribution < -0.4 is 5.32 Å². The second-order valence-corrected chi connectivity index (χ2v) is 5.47. The molecule has 1 fully saturated rings. The molecule has 0 aromatic heterocycles. The number of likely N-dealkylation sites (tertiary alicyclic amines) is 1. The van der Waals surface area contributed by atoms with E-state index in [9.17, 15) is 9.18 Å². The lowest BCUT2D eigenvalue weighted by atomic mass is 9.90. The molecule has 5 heteroatoms. The third kappa shape index (κ3) is 3.53. The lowest BCUT2D eigenvalue weighted by Crippen LogP contribution is -2.48. The summed E-state index contributed by atoms with van der Waals surface area (Å²) in [7, 11) is 1.38. The molecule has 0 spiro atoms. The largest absolute Gasteiger partial charge is 0.467 e. The normalized spacial score (nSPS) is 23.4. The zero-order chi connectivity index (χ0) is 15.3. The van der Waals surface area contributed by atoms with Crippen LogP contribution >= 0.6 is 0 Å². The summed E-state index contributed by atoms with van der Waals surface area (Å²) in [6.07, 6.45) is 2.14. The van der Waals surface area contributed by atoms with Crippen molar-refractivity contribution in [2.45, 2.75) is 31.7 Å². The molecule has 0 radical (unpaired) electrons. The highest BCUT2D eigenvalue weighted by Crippen LogP contribution is 2.29. The number of rotatable bonds is 4. The van der Waals surface area contributed by atoms with Crippen LogP contribution in [0.3, 0.4) is 0 Å². The van der Waals surface area contributed by atoms with Crippen molar-refractivity contribution >= 4 is 11.7 Å². The van der Waals surface area contributed by atoms with Crippen LogP contribution in [-0.4, -0.2) is 43.2 Å². The van der Waals surface area contributed by atoms with Crippen LogP contribution in [0.4, 0.5) is 10.1 Å². The van der Waals surface area contributed by atoms with Gasteiger partial charge in [0.2, 0.25) is 0 Å². The number of hydrogen-bond acceptors (Lipinski definition) is 4. The zero-order valence-corrected chi connectivity index (χ0v) is 12.7. The first-order valence-corrected chi connectivity index (χ1v) is 7.45. The summed E-state index contributed by atoms with van der Waals surface area (Å²) >= 11 is 0. The van der Waals surface area contributed by atoms with Gasteiger partial charge in [0.15, 0.2) is 0 Å². The van der Waals surface area contributed by atoms with Gasteiger partial charge in [0, 0.05) is 6.54 Å². The summed E-state index contributed by atoms with van der Waals surface area (Å²) in [6.45, 7) is 4.81. The number of nitrogens with zero attached hydrogens (tertiary/aromatic N) is 1. The fourth-order valence-electron chi connectivity index (χ4n) is 2.90. The molecule has 21 heavy (non-hydrogen) atoms. The number of methoxy groups -OCH3 is 1. The van der Waals surface area contributed by atoms with Crippen molar-refractivity contribution in [1.29, 1.82) is 0 Å². The van der Waals surface area contributed by atoms with Gasteiger partial charge in [0.05, 0.1) is 12.8 Å². The molecule has 1 aromatic carbocycles. The Bertz CT molecular complexity index is 495. The van der Waals surface area contributed by atoms with E-state index in [1.807, 2.05) is 0 Å². The molecule has 0 amide bonds. The number of carbonyl (C=O) groups excluding carboxylic acids is 1. The molecule has 1 unspecified atom stereocenters. The number of hydrogen-bond donors (Lipinski definition) is 1. The number of para-hydroxylation sites is 1. The van der Waals surface area contributed by atoms with Gasteiger partial charge in [-0.2, -0.15) is 0 Å². The lowest BCUT2D eigenvalue weighted by molar-refractivity contribution is -0.146. The van der Waals surface area contributed by atoms with E-state index < -0.39 is 5.54 Å². The number of ether oxygens (including phenoxy) is 1. The van der Waals surface area contributed by atoms with Gasteiger partial charge in [-0.3, -0.25) is 0 Å². The molecule has 4 nitrogen and oxygen atoms in total. The van der Waals surface area contributed by atoms with Gasteiger partial charge in [-0.15, -0.1) is 0 Å². The molecule has 1 N–H and O–H groups in total. The maximum absolute atomic E-state index is 13.9. The van der Waals surface area contributed by atoms with E-state index in [0.717, 1.165) is 26.1 Å². The monoisotopic (exact) mass is 294 g/mol. The van der Waals surface area contributed by atoms with Crippen molar-refractivity contribution in [2.24, 2.45) is 0 Å². The van der Waals surface area contributed by atoms with Gasteiger partial charge in [-0.25, -0.2) is 9.18 Å². The van der Waals surface area contributed by atoms with Crippen LogP contribution in [0.25, 0.3) is 0 Å². The van der Waals surface area contributed by atoms with Crippen molar-refractivity contribution in [3.8, 4) is 0 Å². The molecular formula is C16H23FN2O2. The molecule has 1 saturated heterocycles. The predicted molar refractivity (Wildman–Crippen MR) is 80.7 cm³/mol. The van der Waals surface area contributed by atoms with E-state index in [2.05, 4.69) is 17.1 Å². The molecule has 1 atom stereocenters. The minimum absolute atomic E-state index is 0.316. The molecule has 1 heterocycles. The minimum atomic E-state index is -0.846. The summed E-state index contributed by atoms with van der Waals surface area (Å²) in [4.78, 5) is 14.6. The number of esters is 1. The van der Waals surface area contributed by atoms with Crippen LogP contribution in [-0.2, 0) is 9.53 Å². The standard InChI is InChI=1S/C16H23FN2O2/c1-3-19-11-6-9-16(10-12-19,15(20)21-2)18-14-8-5-4-7-13(14)17/h4-5,7-8,18H,3,6,9-12H2,1-2H3. The number of carbonyl (C=O) groups is 1. The van der Waals surface area contributed by atoms with E-state index >= 15 is 0 Å². The minimum Gasteiger partial charge on any atom is -0.467 e. The number of anilines is 1. The van der Waals surface area contributed by atoms with Crippen LogP contribution in [0.1, 0.15) is 26.2 Å². The van der Waals surface area contributed by atoms with Gasteiger partial charge >= 0.3 is 5.97 Å². The highest BCUT2D eigenvalue weighted by Gasteiger charge is 2.41. The highest BCUT2D eigenvalue weighted by atomic mass is 19.1. The molecule has 0 saturated carbocycles. The fraction of sp³-hybridized carbons (Fsp3) is 0.562. The topological polar surface area (TPSA) is 41.6 Å². The average molecular weight is 294 g/mol. The van der Waals surface area contributed by atoms with Crippen molar-refractivity contribution in [3.63, 3.8) is 0 Å². The summed E-state index contributed by atoms with van der Waals surface area (Å²) in [5, 5.41) is 3.12. The molecule has 2 rings (SSSR count). The Labute approximate surface area is 125 Å². The van der Waals surface area contributed by atoms with Crippen LogP contribution in [0.5, 0.6) is 0 Å². The summed E-state index contributed by atoms with van der Waals surface area (Å²) in [5.41, 5.74) is -0.492. The number of benzene rings is 1. The highest BCUT2D eigenvalue weighted by molar-refractivity contribution is 5.84. The Balaban J connectivity index is 2.25. The first-order valence-electron chi connectivity index (χ1n) is 7.45. The van der Waals surface area contributed by atoms with Crippen molar-refractivity contribution in [3.05, 3.63) is 30.1 Å². The molecule has 0 bridgehead atoms. The zero-order valence-electron chi connectivity index (χ0n) is 12.7. The van der Waals surface area contributed by atoms with E-state index in [1.54, 1.807) is 18.2 Å².